The quantitative estimate of drug-likeness (QED) is 0.599. The fourth-order valence-electron chi connectivity index (χ4n) is 3.86. The molecular formula is C21H29N5O2S+2. The van der Waals surface area contributed by atoms with E-state index >= 15 is 0 Å². The molecule has 0 radical (unpaired) electrons. The van der Waals surface area contributed by atoms with Crippen LogP contribution in [0.4, 0.5) is 0 Å². The topological polar surface area (TPSA) is 68.1 Å². The number of likely N-dealkylation sites (N-methyl/N-ethyl adjacent to an activating group) is 1. The number of nitrogens with zero attached hydrogens (tertiary/aromatic N) is 3. The minimum Gasteiger partial charge on any atom is -0.361 e. The summed E-state index contributed by atoms with van der Waals surface area (Å²) in [6.45, 7) is 9.52. The lowest BCUT2D eigenvalue weighted by Crippen LogP contribution is -3.28. The van der Waals surface area contributed by atoms with Crippen LogP contribution in [0.5, 0.6) is 0 Å². The van der Waals surface area contributed by atoms with Gasteiger partial charge in [-0.1, -0.05) is 17.3 Å². The van der Waals surface area contributed by atoms with Crippen LogP contribution in [-0.4, -0.2) is 60.7 Å². The Bertz CT molecular complexity index is 943. The number of aryl methyl sites for hydroxylation is 1. The summed E-state index contributed by atoms with van der Waals surface area (Å²) in [6, 6.07) is 10.1. The van der Waals surface area contributed by atoms with Gasteiger partial charge in [-0.2, -0.15) is 0 Å². The molecule has 0 spiro atoms. The van der Waals surface area contributed by atoms with Gasteiger partial charge in [0, 0.05) is 13.1 Å². The molecule has 154 valence electrons. The van der Waals surface area contributed by atoms with Crippen molar-refractivity contribution < 1.29 is 19.1 Å². The molecule has 1 atom stereocenters. The Balaban J connectivity index is 1.28. The fraction of sp³-hybridized carbons (Fsp3) is 0.476. The first-order valence-corrected chi connectivity index (χ1v) is 11.0. The molecule has 2 N–H and O–H groups in total. The maximum atomic E-state index is 12.9. The molecule has 0 bridgehead atoms. The van der Waals surface area contributed by atoms with E-state index < -0.39 is 0 Å². The molecule has 1 saturated heterocycles. The number of carbonyl (C=O) groups excluding carboxylic acids is 1. The zero-order valence-electron chi connectivity index (χ0n) is 17.3. The first-order valence-electron chi connectivity index (χ1n) is 10.2. The summed E-state index contributed by atoms with van der Waals surface area (Å²) >= 11 is 1.67. The summed E-state index contributed by atoms with van der Waals surface area (Å²) in [4.78, 5) is 22.3. The lowest BCUT2D eigenvalue weighted by atomic mass is 10.2. The fourth-order valence-corrected chi connectivity index (χ4v) is 4.92. The number of quaternary nitrogens is 2. The molecule has 3 heterocycles. The predicted molar refractivity (Wildman–Crippen MR) is 112 cm³/mol. The maximum absolute atomic E-state index is 12.9. The Morgan fingerprint density at radius 1 is 1.24 bits per heavy atom. The van der Waals surface area contributed by atoms with E-state index in [0.29, 0.717) is 6.54 Å². The van der Waals surface area contributed by atoms with Gasteiger partial charge in [0.2, 0.25) is 0 Å². The number of nitrogens with one attached hydrogen (secondary N) is 2. The lowest BCUT2D eigenvalue weighted by Gasteiger charge is -2.30. The normalized spacial score (nSPS) is 20.7. The number of thiazole rings is 1. The summed E-state index contributed by atoms with van der Waals surface area (Å²) in [5, 5.41) is 5.09. The number of para-hydroxylation sites is 1. The number of rotatable bonds is 6. The number of carbonyl (C=O) groups is 1. The van der Waals surface area contributed by atoms with Crippen LogP contribution in [0.1, 0.15) is 29.4 Å². The number of aromatic nitrogens is 2. The van der Waals surface area contributed by atoms with Crippen molar-refractivity contribution in [2.24, 2.45) is 0 Å². The Labute approximate surface area is 174 Å². The highest BCUT2D eigenvalue weighted by atomic mass is 32.1. The van der Waals surface area contributed by atoms with E-state index in [0.717, 1.165) is 54.7 Å². The van der Waals surface area contributed by atoms with Crippen LogP contribution in [0.15, 0.2) is 34.9 Å². The van der Waals surface area contributed by atoms with Gasteiger partial charge in [-0.15, -0.1) is 11.3 Å². The summed E-state index contributed by atoms with van der Waals surface area (Å²) < 4.78 is 6.33. The number of amides is 1. The molecule has 8 heteroatoms. The van der Waals surface area contributed by atoms with Gasteiger partial charge >= 0.3 is 0 Å². The smallest absolute Gasteiger partial charge is 0.278 e. The minimum atomic E-state index is -0.0124. The Hall–Kier alpha value is -2.29. The maximum Gasteiger partial charge on any atom is 0.278 e. The SMILES string of the molecule is Cc1cc(C[NH+]2CC[NH+](CC(=O)N(C)[C@@H](C)c3nc4ccccc4s3)CC2)no1. The molecule has 4 rings (SSSR count). The number of hydrogen-bond acceptors (Lipinski definition) is 5. The van der Waals surface area contributed by atoms with Gasteiger partial charge in [0.05, 0.1) is 16.3 Å². The summed E-state index contributed by atoms with van der Waals surface area (Å²) in [7, 11) is 1.90. The Morgan fingerprint density at radius 3 is 2.66 bits per heavy atom. The average Bonchev–Trinajstić information content (AvgIpc) is 3.34. The first kappa shape index (κ1) is 20.0. The number of fused-ring (bicyclic) bond motifs is 1. The highest BCUT2D eigenvalue weighted by molar-refractivity contribution is 7.18. The van der Waals surface area contributed by atoms with Crippen molar-refractivity contribution in [1.82, 2.24) is 15.0 Å². The highest BCUT2D eigenvalue weighted by Gasteiger charge is 2.28. The summed E-state index contributed by atoms with van der Waals surface area (Å²) in [6.07, 6.45) is 0. The molecule has 1 aliphatic rings. The second kappa shape index (κ2) is 8.61. The monoisotopic (exact) mass is 415 g/mol. The van der Waals surface area contributed by atoms with Crippen molar-refractivity contribution >= 4 is 27.5 Å². The van der Waals surface area contributed by atoms with Gasteiger partial charge < -0.3 is 19.2 Å². The summed E-state index contributed by atoms with van der Waals surface area (Å²) in [5.74, 6) is 1.04. The van der Waals surface area contributed by atoms with Crippen LogP contribution in [0, 0.1) is 6.92 Å². The molecule has 2 aromatic heterocycles. The van der Waals surface area contributed by atoms with E-state index in [4.69, 9.17) is 9.51 Å². The zero-order chi connectivity index (χ0) is 20.4. The van der Waals surface area contributed by atoms with Gasteiger partial charge in [0.1, 0.15) is 49.2 Å². The highest BCUT2D eigenvalue weighted by Crippen LogP contribution is 2.28. The molecule has 1 aliphatic heterocycles. The van der Waals surface area contributed by atoms with Crippen molar-refractivity contribution in [1.29, 1.82) is 0 Å². The third kappa shape index (κ3) is 4.66. The molecule has 1 amide bonds. The molecule has 0 unspecified atom stereocenters. The van der Waals surface area contributed by atoms with Gasteiger partial charge in [0.15, 0.2) is 6.54 Å². The number of hydrogen-bond donors (Lipinski definition) is 2. The van der Waals surface area contributed by atoms with Crippen molar-refractivity contribution in [3.8, 4) is 0 Å². The van der Waals surface area contributed by atoms with Gasteiger partial charge in [-0.25, -0.2) is 4.98 Å². The van der Waals surface area contributed by atoms with Gasteiger partial charge in [-0.05, 0) is 26.0 Å². The zero-order valence-corrected chi connectivity index (χ0v) is 18.1. The second-order valence-corrected chi connectivity index (χ2v) is 9.05. The molecule has 7 nitrogen and oxygen atoms in total. The number of benzene rings is 1. The van der Waals surface area contributed by atoms with Gasteiger partial charge in [0.25, 0.3) is 5.91 Å². The largest absolute Gasteiger partial charge is 0.361 e. The van der Waals surface area contributed by atoms with Crippen LogP contribution in [-0.2, 0) is 11.3 Å². The Morgan fingerprint density at radius 2 is 1.97 bits per heavy atom. The first-order chi connectivity index (χ1) is 14.0. The van der Waals surface area contributed by atoms with E-state index in [1.165, 1.54) is 14.5 Å². The standard InChI is InChI=1S/C21H27N5O2S/c1-15-12-17(23-28-15)13-25-8-10-26(11-9-25)14-20(27)24(3)16(2)21-22-18-6-4-5-7-19(18)29-21/h4-7,12,16H,8-11,13-14H2,1-3H3/p+2/t16-/m0/s1. The van der Waals surface area contributed by atoms with E-state index in [-0.39, 0.29) is 11.9 Å². The Kier molecular flexibility index (Phi) is 5.94. The summed E-state index contributed by atoms with van der Waals surface area (Å²) in [5.41, 5.74) is 2.02. The third-order valence-electron chi connectivity index (χ3n) is 5.82. The van der Waals surface area contributed by atoms with Crippen molar-refractivity contribution in [2.75, 3.05) is 39.8 Å². The minimum absolute atomic E-state index is 0.0124. The van der Waals surface area contributed by atoms with E-state index in [9.17, 15) is 4.79 Å². The van der Waals surface area contributed by atoms with Crippen molar-refractivity contribution in [3.63, 3.8) is 0 Å². The van der Waals surface area contributed by atoms with Gasteiger partial charge in [-0.3, -0.25) is 4.79 Å². The average molecular weight is 416 g/mol. The molecule has 1 fully saturated rings. The van der Waals surface area contributed by atoms with Crippen molar-refractivity contribution in [2.45, 2.75) is 26.4 Å². The van der Waals surface area contributed by atoms with E-state index in [2.05, 4.69) is 18.1 Å². The lowest BCUT2D eigenvalue weighted by molar-refractivity contribution is -1.02. The molecule has 3 aromatic rings. The van der Waals surface area contributed by atoms with Crippen molar-refractivity contribution in [3.05, 3.63) is 46.8 Å². The molecule has 0 saturated carbocycles. The van der Waals surface area contributed by atoms with E-state index in [1.807, 2.05) is 43.1 Å². The van der Waals surface area contributed by atoms with Crippen LogP contribution in [0.2, 0.25) is 0 Å². The molecular weight excluding hydrogens is 386 g/mol. The van der Waals surface area contributed by atoms with Crippen LogP contribution in [0.3, 0.4) is 0 Å². The molecule has 29 heavy (non-hydrogen) atoms. The second-order valence-electron chi connectivity index (χ2n) is 7.98. The van der Waals surface area contributed by atoms with E-state index in [1.54, 1.807) is 11.3 Å². The third-order valence-corrected chi connectivity index (χ3v) is 7.02. The molecule has 1 aromatic carbocycles. The van der Waals surface area contributed by atoms with Crippen LogP contribution in [0.25, 0.3) is 10.2 Å². The number of piperazine rings is 1. The molecule has 0 aliphatic carbocycles. The van der Waals surface area contributed by atoms with Crippen LogP contribution < -0.4 is 9.80 Å². The predicted octanol–water partition coefficient (Wildman–Crippen LogP) is 0.0957. The van der Waals surface area contributed by atoms with Crippen LogP contribution >= 0.6 is 11.3 Å².